The second-order valence-corrected chi connectivity index (χ2v) is 5.98. The Morgan fingerprint density at radius 1 is 1.32 bits per heavy atom. The number of hydrogen-bond acceptors (Lipinski definition) is 5. The first-order valence-electron chi connectivity index (χ1n) is 8.55. The molecule has 0 saturated carbocycles. The smallest absolute Gasteiger partial charge is 0.416 e. The van der Waals surface area contributed by atoms with Crippen LogP contribution in [0, 0.1) is 0 Å². The Hall–Kier alpha value is -2.88. The fourth-order valence-electron chi connectivity index (χ4n) is 2.26. The molecule has 0 bridgehead atoms. The lowest BCUT2D eigenvalue weighted by atomic mass is 10.2. The highest BCUT2D eigenvalue weighted by Gasteiger charge is 2.30. The van der Waals surface area contributed by atoms with Gasteiger partial charge in [0.2, 0.25) is 0 Å². The lowest BCUT2D eigenvalue weighted by molar-refractivity contribution is -0.137. The van der Waals surface area contributed by atoms with Crippen LogP contribution in [0.1, 0.15) is 29.4 Å². The molecule has 28 heavy (non-hydrogen) atoms. The number of ether oxygens (including phenoxy) is 1. The average Bonchev–Trinajstić information content (AvgIpc) is 2.66. The largest absolute Gasteiger partial charge is 0.491 e. The molecule has 2 N–H and O–H groups in total. The maximum Gasteiger partial charge on any atom is 0.416 e. The molecule has 0 fully saturated rings. The van der Waals surface area contributed by atoms with Gasteiger partial charge in [0, 0.05) is 19.2 Å². The summed E-state index contributed by atoms with van der Waals surface area (Å²) in [5.41, 5.74) is -1.17. The van der Waals surface area contributed by atoms with E-state index in [9.17, 15) is 27.9 Å². The normalized spacial score (nSPS) is 12.5. The van der Waals surface area contributed by atoms with Crippen LogP contribution in [0.2, 0.25) is 0 Å². The first kappa shape index (κ1) is 21.4. The number of carbonyl (C=O) groups is 1. The first-order chi connectivity index (χ1) is 13.2. The zero-order valence-corrected chi connectivity index (χ0v) is 15.1. The molecule has 1 unspecified atom stereocenters. The van der Waals surface area contributed by atoms with E-state index < -0.39 is 23.8 Å². The maximum atomic E-state index is 12.7. The molecule has 0 aliphatic rings. The third-order valence-corrected chi connectivity index (χ3v) is 3.64. The number of nitrogens with zero attached hydrogens (tertiary/aromatic N) is 2. The summed E-state index contributed by atoms with van der Waals surface area (Å²) in [6, 6.07) is 6.77. The molecule has 0 spiro atoms. The number of carbonyl (C=O) groups excluding carboxylic acids is 1. The molecular formula is C18H20F3N3O4. The Kier molecular flexibility index (Phi) is 7.16. The van der Waals surface area contributed by atoms with Crippen molar-refractivity contribution in [2.75, 3.05) is 13.2 Å². The number of aromatic nitrogens is 2. The zero-order valence-electron chi connectivity index (χ0n) is 15.1. The van der Waals surface area contributed by atoms with Crippen molar-refractivity contribution < 1.29 is 27.8 Å². The predicted molar refractivity (Wildman–Crippen MR) is 94.1 cm³/mol. The van der Waals surface area contributed by atoms with Crippen molar-refractivity contribution in [1.29, 1.82) is 0 Å². The monoisotopic (exact) mass is 399 g/mol. The van der Waals surface area contributed by atoms with Gasteiger partial charge in [0.15, 0.2) is 0 Å². The molecule has 1 heterocycles. The Labute approximate surface area is 158 Å². The Morgan fingerprint density at radius 2 is 2.07 bits per heavy atom. The van der Waals surface area contributed by atoms with Crippen LogP contribution in [0.4, 0.5) is 13.2 Å². The van der Waals surface area contributed by atoms with Crippen LogP contribution in [0.5, 0.6) is 5.75 Å². The second kappa shape index (κ2) is 9.36. The summed E-state index contributed by atoms with van der Waals surface area (Å²) in [6.07, 6.45) is -4.98. The van der Waals surface area contributed by atoms with E-state index in [0.29, 0.717) is 13.0 Å². The molecule has 152 valence electrons. The van der Waals surface area contributed by atoms with Crippen LogP contribution >= 0.6 is 0 Å². The lowest BCUT2D eigenvalue weighted by Crippen LogP contribution is -2.36. The van der Waals surface area contributed by atoms with Gasteiger partial charge in [-0.2, -0.15) is 18.3 Å². The summed E-state index contributed by atoms with van der Waals surface area (Å²) in [5, 5.41) is 16.3. The summed E-state index contributed by atoms with van der Waals surface area (Å²) >= 11 is 0. The fraction of sp³-hybridized carbons (Fsp3) is 0.389. The predicted octanol–water partition coefficient (Wildman–Crippen LogP) is 1.84. The Bertz CT molecular complexity index is 868. The molecular weight excluding hydrogens is 379 g/mol. The van der Waals surface area contributed by atoms with Crippen molar-refractivity contribution in [1.82, 2.24) is 15.1 Å². The summed E-state index contributed by atoms with van der Waals surface area (Å²) < 4.78 is 44.3. The number of hydrogen-bond donors (Lipinski definition) is 2. The summed E-state index contributed by atoms with van der Waals surface area (Å²) in [7, 11) is 0. The highest BCUT2D eigenvalue weighted by Crippen LogP contribution is 2.31. The standard InChI is InChI=1S/C18H20F3N3O4/c1-2-8-24-16(26)7-6-15(23-24)17(27)22-10-13(25)11-28-14-5-3-4-12(9-14)18(19,20)21/h3-7,9,13,25H,2,8,10-11H2,1H3,(H,22,27). The van der Waals surface area contributed by atoms with Gasteiger partial charge in [-0.05, 0) is 30.7 Å². The maximum absolute atomic E-state index is 12.7. The Morgan fingerprint density at radius 3 is 2.75 bits per heavy atom. The summed E-state index contributed by atoms with van der Waals surface area (Å²) in [4.78, 5) is 23.7. The van der Waals surface area contributed by atoms with E-state index >= 15 is 0 Å². The minimum absolute atomic E-state index is 0.0130. The van der Waals surface area contributed by atoms with Gasteiger partial charge in [-0.25, -0.2) is 4.68 Å². The van der Waals surface area contributed by atoms with Crippen LogP contribution in [0.25, 0.3) is 0 Å². The van der Waals surface area contributed by atoms with Gasteiger partial charge in [0.1, 0.15) is 24.2 Å². The second-order valence-electron chi connectivity index (χ2n) is 5.98. The fourth-order valence-corrected chi connectivity index (χ4v) is 2.26. The number of alkyl halides is 3. The number of aliphatic hydroxyl groups is 1. The van der Waals surface area contributed by atoms with E-state index in [1.807, 2.05) is 6.92 Å². The van der Waals surface area contributed by atoms with Gasteiger partial charge in [-0.15, -0.1) is 0 Å². The van der Waals surface area contributed by atoms with Crippen LogP contribution < -0.4 is 15.6 Å². The third kappa shape index (κ3) is 6.08. The van der Waals surface area contributed by atoms with Crippen molar-refractivity contribution in [2.24, 2.45) is 0 Å². The molecule has 0 aliphatic heterocycles. The molecule has 7 nitrogen and oxygen atoms in total. The molecule has 1 aromatic carbocycles. The van der Waals surface area contributed by atoms with Crippen LogP contribution in [0.15, 0.2) is 41.2 Å². The van der Waals surface area contributed by atoms with Crippen LogP contribution in [0.3, 0.4) is 0 Å². The highest BCUT2D eigenvalue weighted by atomic mass is 19.4. The molecule has 2 aromatic rings. The van der Waals surface area contributed by atoms with Crippen molar-refractivity contribution in [3.63, 3.8) is 0 Å². The molecule has 0 radical (unpaired) electrons. The summed E-state index contributed by atoms with van der Waals surface area (Å²) in [6.45, 7) is 1.71. The van der Waals surface area contributed by atoms with E-state index in [2.05, 4.69) is 10.4 Å². The zero-order chi connectivity index (χ0) is 20.7. The quantitative estimate of drug-likeness (QED) is 0.707. The number of aryl methyl sites for hydroxylation is 1. The highest BCUT2D eigenvalue weighted by molar-refractivity contribution is 5.91. The van der Waals surface area contributed by atoms with Crippen molar-refractivity contribution >= 4 is 5.91 Å². The van der Waals surface area contributed by atoms with E-state index in [-0.39, 0.29) is 30.2 Å². The first-order valence-corrected chi connectivity index (χ1v) is 8.55. The molecule has 0 saturated heterocycles. The van der Waals surface area contributed by atoms with Crippen molar-refractivity contribution in [3.8, 4) is 5.75 Å². The van der Waals surface area contributed by atoms with E-state index in [4.69, 9.17) is 4.74 Å². The molecule has 1 aromatic heterocycles. The number of amides is 1. The lowest BCUT2D eigenvalue weighted by Gasteiger charge is -2.14. The SMILES string of the molecule is CCCn1nc(C(=O)NCC(O)COc2cccc(C(F)(F)F)c2)ccc1=O. The number of aliphatic hydroxyl groups excluding tert-OH is 1. The Balaban J connectivity index is 1.87. The van der Waals surface area contributed by atoms with E-state index in [0.717, 1.165) is 12.1 Å². The number of nitrogens with one attached hydrogen (secondary N) is 1. The molecule has 1 atom stereocenters. The number of rotatable bonds is 8. The summed E-state index contributed by atoms with van der Waals surface area (Å²) in [5.74, 6) is -0.642. The minimum atomic E-state index is -4.49. The van der Waals surface area contributed by atoms with Crippen molar-refractivity contribution in [3.05, 3.63) is 58.0 Å². The molecule has 1 amide bonds. The van der Waals surface area contributed by atoms with Gasteiger partial charge in [0.05, 0.1) is 5.56 Å². The van der Waals surface area contributed by atoms with Crippen LogP contribution in [-0.4, -0.2) is 40.0 Å². The van der Waals surface area contributed by atoms with Gasteiger partial charge >= 0.3 is 6.18 Å². The third-order valence-electron chi connectivity index (χ3n) is 3.64. The average molecular weight is 399 g/mol. The molecule has 10 heteroatoms. The van der Waals surface area contributed by atoms with Gasteiger partial charge in [-0.3, -0.25) is 9.59 Å². The van der Waals surface area contributed by atoms with Gasteiger partial charge in [0.25, 0.3) is 11.5 Å². The molecule has 0 aliphatic carbocycles. The van der Waals surface area contributed by atoms with E-state index in [1.54, 1.807) is 0 Å². The van der Waals surface area contributed by atoms with Gasteiger partial charge in [-0.1, -0.05) is 13.0 Å². The minimum Gasteiger partial charge on any atom is -0.491 e. The molecule has 2 rings (SSSR count). The topological polar surface area (TPSA) is 93.5 Å². The number of benzene rings is 1. The van der Waals surface area contributed by atoms with Crippen LogP contribution in [-0.2, 0) is 12.7 Å². The van der Waals surface area contributed by atoms with Crippen molar-refractivity contribution in [2.45, 2.75) is 32.2 Å². The van der Waals surface area contributed by atoms with Gasteiger partial charge < -0.3 is 15.2 Å². The van der Waals surface area contributed by atoms with E-state index in [1.165, 1.54) is 28.9 Å². The number of halogens is 3.